The summed E-state index contributed by atoms with van der Waals surface area (Å²) in [5.41, 5.74) is 2.61. The van der Waals surface area contributed by atoms with Gasteiger partial charge in [0.15, 0.2) is 0 Å². The van der Waals surface area contributed by atoms with Gasteiger partial charge in [-0.05, 0) is 42.8 Å². The first-order valence-corrected chi connectivity index (χ1v) is 8.30. The third-order valence-corrected chi connectivity index (χ3v) is 4.15. The zero-order valence-electron chi connectivity index (χ0n) is 13.4. The van der Waals surface area contributed by atoms with Gasteiger partial charge in [-0.15, -0.1) is 6.58 Å². The normalized spacial score (nSPS) is 10.9. The second-order valence-electron chi connectivity index (χ2n) is 5.52. The summed E-state index contributed by atoms with van der Waals surface area (Å²) in [6.07, 6.45) is 2.64. The third-order valence-electron chi connectivity index (χ3n) is 3.89. The van der Waals surface area contributed by atoms with E-state index < -0.39 is 0 Å². The first-order valence-electron chi connectivity index (χ1n) is 7.92. The summed E-state index contributed by atoms with van der Waals surface area (Å²) >= 11 is 5.86. The zero-order chi connectivity index (χ0) is 16.9. The van der Waals surface area contributed by atoms with Crippen LogP contribution in [-0.4, -0.2) is 15.7 Å². The van der Waals surface area contributed by atoms with Crippen LogP contribution in [0.2, 0.25) is 5.02 Å². The fourth-order valence-electron chi connectivity index (χ4n) is 2.78. The van der Waals surface area contributed by atoms with Gasteiger partial charge in [0.2, 0.25) is 5.62 Å². The molecular formula is C19H20ClN3O. The lowest BCUT2D eigenvalue weighted by molar-refractivity contribution is 0.301. The van der Waals surface area contributed by atoms with Crippen LogP contribution in [0.1, 0.15) is 6.42 Å². The van der Waals surface area contributed by atoms with Crippen LogP contribution >= 0.6 is 11.6 Å². The van der Waals surface area contributed by atoms with E-state index in [1.165, 1.54) is 0 Å². The van der Waals surface area contributed by atoms with Gasteiger partial charge in [0, 0.05) is 18.1 Å². The Bertz CT molecular complexity index is 893. The molecular weight excluding hydrogens is 322 g/mol. The molecule has 24 heavy (non-hydrogen) atoms. The molecule has 0 radical (unpaired) electrons. The summed E-state index contributed by atoms with van der Waals surface area (Å²) in [5.74, 6) is 0.810. The second-order valence-corrected chi connectivity index (χ2v) is 5.96. The number of ether oxygens (including phenoxy) is 1. The molecule has 2 aromatic carbocycles. The van der Waals surface area contributed by atoms with Crippen molar-refractivity contribution in [1.29, 1.82) is 5.41 Å². The van der Waals surface area contributed by atoms with Crippen molar-refractivity contribution in [2.45, 2.75) is 19.5 Å². The average Bonchev–Trinajstić information content (AvgIpc) is 2.86. The van der Waals surface area contributed by atoms with Crippen LogP contribution in [0.5, 0.6) is 5.75 Å². The fourth-order valence-corrected chi connectivity index (χ4v) is 2.90. The standard InChI is InChI=1S/C19H20ClN3O/c1-2-12-22-17-6-3-4-7-18(17)23(19(22)21)13-5-14-24-16-10-8-15(20)9-11-16/h2-4,6-11,21H,1,5,12-14H2. The number of rotatable bonds is 7. The number of allylic oxidation sites excluding steroid dienone is 1. The molecule has 0 spiro atoms. The largest absolute Gasteiger partial charge is 0.494 e. The smallest absolute Gasteiger partial charge is 0.203 e. The summed E-state index contributed by atoms with van der Waals surface area (Å²) in [4.78, 5) is 0. The number of hydrogen-bond acceptors (Lipinski definition) is 2. The first kappa shape index (κ1) is 16.4. The number of aromatic nitrogens is 2. The molecule has 0 aliphatic heterocycles. The predicted octanol–water partition coefficient (Wildman–Crippen LogP) is 4.23. The van der Waals surface area contributed by atoms with E-state index in [0.717, 1.165) is 29.7 Å². The fraction of sp³-hybridized carbons (Fsp3) is 0.211. The molecule has 0 aliphatic rings. The second kappa shape index (κ2) is 7.41. The maximum atomic E-state index is 8.42. The Morgan fingerprint density at radius 2 is 1.71 bits per heavy atom. The number of imidazole rings is 1. The van der Waals surface area contributed by atoms with Gasteiger partial charge in [-0.3, -0.25) is 5.41 Å². The third kappa shape index (κ3) is 3.39. The molecule has 1 aromatic heterocycles. The van der Waals surface area contributed by atoms with E-state index in [4.69, 9.17) is 21.7 Å². The van der Waals surface area contributed by atoms with Crippen LogP contribution in [0.15, 0.2) is 61.2 Å². The van der Waals surface area contributed by atoms with Gasteiger partial charge in [-0.2, -0.15) is 0 Å². The lowest BCUT2D eigenvalue weighted by Gasteiger charge is -2.07. The lowest BCUT2D eigenvalue weighted by atomic mass is 10.3. The molecule has 0 fully saturated rings. The minimum Gasteiger partial charge on any atom is -0.494 e. The highest BCUT2D eigenvalue weighted by molar-refractivity contribution is 6.30. The summed E-state index contributed by atoms with van der Waals surface area (Å²) in [6, 6.07) is 15.4. The molecule has 1 N–H and O–H groups in total. The Morgan fingerprint density at radius 1 is 1.04 bits per heavy atom. The number of halogens is 1. The quantitative estimate of drug-likeness (QED) is 0.507. The maximum Gasteiger partial charge on any atom is 0.203 e. The Kier molecular flexibility index (Phi) is 5.06. The average molecular weight is 342 g/mol. The Morgan fingerprint density at radius 3 is 2.38 bits per heavy atom. The highest BCUT2D eigenvalue weighted by Crippen LogP contribution is 2.16. The van der Waals surface area contributed by atoms with E-state index in [1.54, 1.807) is 0 Å². The molecule has 0 aliphatic carbocycles. The van der Waals surface area contributed by atoms with Crippen molar-refractivity contribution < 1.29 is 4.74 Å². The van der Waals surface area contributed by atoms with Crippen molar-refractivity contribution in [3.63, 3.8) is 0 Å². The molecule has 0 bridgehead atoms. The maximum absolute atomic E-state index is 8.42. The minimum absolute atomic E-state index is 0.489. The van der Waals surface area contributed by atoms with Crippen molar-refractivity contribution in [3.05, 3.63) is 71.8 Å². The molecule has 0 saturated heterocycles. The van der Waals surface area contributed by atoms with Crippen LogP contribution in [0, 0.1) is 5.41 Å². The molecule has 0 unspecified atom stereocenters. The molecule has 5 heteroatoms. The molecule has 4 nitrogen and oxygen atoms in total. The van der Waals surface area contributed by atoms with Gasteiger partial charge >= 0.3 is 0 Å². The van der Waals surface area contributed by atoms with Crippen LogP contribution in [0.4, 0.5) is 0 Å². The van der Waals surface area contributed by atoms with E-state index >= 15 is 0 Å². The minimum atomic E-state index is 0.489. The summed E-state index contributed by atoms with van der Waals surface area (Å²) < 4.78 is 9.71. The number of aryl methyl sites for hydroxylation is 1. The van der Waals surface area contributed by atoms with Crippen LogP contribution in [0.25, 0.3) is 11.0 Å². The molecule has 124 valence electrons. The van der Waals surface area contributed by atoms with Gasteiger partial charge in [0.25, 0.3) is 0 Å². The summed E-state index contributed by atoms with van der Waals surface area (Å²) in [7, 11) is 0. The van der Waals surface area contributed by atoms with E-state index in [-0.39, 0.29) is 0 Å². The van der Waals surface area contributed by atoms with Crippen LogP contribution < -0.4 is 10.4 Å². The molecule has 0 amide bonds. The molecule has 3 rings (SSSR count). The number of nitrogens with one attached hydrogen (secondary N) is 1. The van der Waals surface area contributed by atoms with E-state index in [1.807, 2.05) is 63.7 Å². The van der Waals surface area contributed by atoms with Gasteiger partial charge in [0.05, 0.1) is 17.6 Å². The van der Waals surface area contributed by atoms with Crippen molar-refractivity contribution in [3.8, 4) is 5.75 Å². The molecule has 1 heterocycles. The predicted molar refractivity (Wildman–Crippen MR) is 97.5 cm³/mol. The van der Waals surface area contributed by atoms with Crippen LogP contribution in [-0.2, 0) is 13.1 Å². The highest BCUT2D eigenvalue weighted by Gasteiger charge is 2.09. The van der Waals surface area contributed by atoms with Crippen molar-refractivity contribution in [2.75, 3.05) is 6.61 Å². The number of nitrogens with zero attached hydrogens (tertiary/aromatic N) is 2. The monoisotopic (exact) mass is 341 g/mol. The van der Waals surface area contributed by atoms with E-state index in [9.17, 15) is 0 Å². The Labute approximate surface area is 146 Å². The van der Waals surface area contributed by atoms with Gasteiger partial charge < -0.3 is 13.9 Å². The zero-order valence-corrected chi connectivity index (χ0v) is 14.2. The molecule has 0 atom stereocenters. The number of hydrogen-bond donors (Lipinski definition) is 1. The van der Waals surface area contributed by atoms with Crippen molar-refractivity contribution in [1.82, 2.24) is 9.13 Å². The Balaban J connectivity index is 1.71. The highest BCUT2D eigenvalue weighted by atomic mass is 35.5. The number of benzene rings is 2. The molecule has 0 saturated carbocycles. The van der Waals surface area contributed by atoms with E-state index in [0.29, 0.717) is 23.8 Å². The van der Waals surface area contributed by atoms with Gasteiger partial charge in [-0.1, -0.05) is 29.8 Å². The Hall–Kier alpha value is -2.46. The first-order chi connectivity index (χ1) is 11.7. The van der Waals surface area contributed by atoms with Crippen molar-refractivity contribution in [2.24, 2.45) is 0 Å². The van der Waals surface area contributed by atoms with Gasteiger partial charge in [-0.25, -0.2) is 0 Å². The topological polar surface area (TPSA) is 42.9 Å². The van der Waals surface area contributed by atoms with Crippen LogP contribution in [0.3, 0.4) is 0 Å². The number of fused-ring (bicyclic) bond motifs is 1. The van der Waals surface area contributed by atoms with E-state index in [2.05, 4.69) is 6.58 Å². The number of para-hydroxylation sites is 2. The van der Waals surface area contributed by atoms with Crippen molar-refractivity contribution >= 4 is 22.6 Å². The van der Waals surface area contributed by atoms with Gasteiger partial charge in [0.1, 0.15) is 5.75 Å². The lowest BCUT2D eigenvalue weighted by Crippen LogP contribution is -2.25. The summed E-state index contributed by atoms with van der Waals surface area (Å²) in [6.45, 7) is 5.74. The summed E-state index contributed by atoms with van der Waals surface area (Å²) in [5, 5.41) is 9.12. The molecule has 3 aromatic rings. The SMILES string of the molecule is C=CCn1c(=N)n(CCCOc2ccc(Cl)cc2)c2ccccc21.